The van der Waals surface area contributed by atoms with Crippen LogP contribution in [0.5, 0.6) is 0 Å². The molecule has 0 aromatic heterocycles. The monoisotopic (exact) mass is 169 g/mol. The third-order valence-corrected chi connectivity index (χ3v) is 2.10. The average molecular weight is 169 g/mol. The van der Waals surface area contributed by atoms with Gasteiger partial charge in [-0.05, 0) is 7.05 Å². The first-order valence-corrected chi connectivity index (χ1v) is 3.71. The summed E-state index contributed by atoms with van der Waals surface area (Å²) in [5.41, 5.74) is -0.699. The van der Waals surface area contributed by atoms with E-state index >= 15 is 0 Å². The Hall–Kier alpha value is -1.12. The van der Waals surface area contributed by atoms with Gasteiger partial charge in [-0.2, -0.15) is 5.26 Å². The van der Waals surface area contributed by atoms with Crippen molar-refractivity contribution in [3.63, 3.8) is 0 Å². The van der Waals surface area contributed by atoms with Crippen LogP contribution in [0.3, 0.4) is 0 Å². The van der Waals surface area contributed by atoms with Crippen molar-refractivity contribution in [2.45, 2.75) is 12.0 Å². The van der Waals surface area contributed by atoms with Gasteiger partial charge in [-0.15, -0.1) is 0 Å². The molecular weight excluding hydrogens is 158 g/mol. The summed E-state index contributed by atoms with van der Waals surface area (Å²) < 4.78 is 5.09. The summed E-state index contributed by atoms with van der Waals surface area (Å²) in [5, 5.41) is 13.2. The third-order valence-electron chi connectivity index (χ3n) is 2.10. The first-order chi connectivity index (χ1) is 5.75. The van der Waals surface area contributed by atoms with E-state index in [-0.39, 0.29) is 5.91 Å². The van der Waals surface area contributed by atoms with E-state index in [0.29, 0.717) is 19.6 Å². The van der Waals surface area contributed by atoms with Crippen molar-refractivity contribution < 1.29 is 9.53 Å². The quantitative estimate of drug-likeness (QED) is 0.409. The second-order valence-electron chi connectivity index (χ2n) is 2.70. The van der Waals surface area contributed by atoms with Crippen LogP contribution in [-0.2, 0) is 9.53 Å². The lowest BCUT2D eigenvalue weighted by molar-refractivity contribution is -0.126. The minimum atomic E-state index is -0.699. The number of rotatable bonds is 2. The van der Waals surface area contributed by atoms with Crippen molar-refractivity contribution in [3.05, 3.63) is 0 Å². The lowest BCUT2D eigenvalue weighted by Gasteiger charge is -2.23. The van der Waals surface area contributed by atoms with Crippen LogP contribution < -0.4 is 10.6 Å². The molecule has 1 atom stereocenters. The predicted molar refractivity (Wildman–Crippen MR) is 41.0 cm³/mol. The molecule has 0 aromatic rings. The first kappa shape index (κ1) is 8.97. The highest BCUT2D eigenvalue weighted by Crippen LogP contribution is 2.17. The average Bonchev–Trinajstić information content (AvgIpc) is 2.54. The molecule has 0 spiro atoms. The molecule has 1 fully saturated rings. The van der Waals surface area contributed by atoms with Crippen LogP contribution in [0.2, 0.25) is 0 Å². The molecule has 1 aliphatic rings. The summed E-state index contributed by atoms with van der Waals surface area (Å²) >= 11 is 0. The zero-order chi connectivity index (χ0) is 9.03. The van der Waals surface area contributed by atoms with Gasteiger partial charge in [0.25, 0.3) is 5.91 Å². The normalized spacial score (nSPS) is 28.0. The molecule has 0 aliphatic carbocycles. The molecule has 1 rings (SSSR count). The number of carbonyl (C=O) groups is 1. The zero-order valence-corrected chi connectivity index (χ0v) is 6.89. The van der Waals surface area contributed by atoms with Gasteiger partial charge in [-0.25, -0.2) is 0 Å². The fourth-order valence-electron chi connectivity index (χ4n) is 1.23. The maximum Gasteiger partial charge on any atom is 0.255 e. The van der Waals surface area contributed by atoms with Gasteiger partial charge in [0.1, 0.15) is 5.54 Å². The van der Waals surface area contributed by atoms with Crippen molar-refractivity contribution in [3.8, 4) is 6.19 Å². The SMILES string of the molecule is CNC1(C(=O)NC#N)CCOC1. The molecule has 5 nitrogen and oxygen atoms in total. The number of amides is 1. The van der Waals surface area contributed by atoms with E-state index in [1.807, 2.05) is 0 Å². The van der Waals surface area contributed by atoms with E-state index in [1.54, 1.807) is 13.2 Å². The topological polar surface area (TPSA) is 74.2 Å². The number of likely N-dealkylation sites (N-methyl/N-ethyl adjacent to an activating group) is 1. The molecule has 1 aliphatic heterocycles. The van der Waals surface area contributed by atoms with Crippen LogP contribution in [0.15, 0.2) is 0 Å². The number of carbonyl (C=O) groups excluding carboxylic acids is 1. The van der Waals surface area contributed by atoms with E-state index in [0.717, 1.165) is 0 Å². The number of ether oxygens (including phenoxy) is 1. The Morgan fingerprint density at radius 3 is 2.92 bits per heavy atom. The van der Waals surface area contributed by atoms with E-state index < -0.39 is 5.54 Å². The molecule has 12 heavy (non-hydrogen) atoms. The van der Waals surface area contributed by atoms with Crippen LogP contribution in [0, 0.1) is 11.5 Å². The van der Waals surface area contributed by atoms with Gasteiger partial charge in [0.05, 0.1) is 6.61 Å². The molecule has 1 amide bonds. The maximum absolute atomic E-state index is 11.3. The Bertz CT molecular complexity index is 215. The van der Waals surface area contributed by atoms with E-state index in [4.69, 9.17) is 10.00 Å². The molecule has 0 bridgehead atoms. The minimum absolute atomic E-state index is 0.315. The van der Waals surface area contributed by atoms with Crippen molar-refractivity contribution in [1.82, 2.24) is 10.6 Å². The minimum Gasteiger partial charge on any atom is -0.379 e. The van der Waals surface area contributed by atoms with Crippen LogP contribution in [-0.4, -0.2) is 31.7 Å². The van der Waals surface area contributed by atoms with Crippen molar-refractivity contribution in [2.24, 2.45) is 0 Å². The van der Waals surface area contributed by atoms with Gasteiger partial charge in [0.2, 0.25) is 0 Å². The number of hydrogen-bond acceptors (Lipinski definition) is 4. The van der Waals surface area contributed by atoms with Crippen LogP contribution in [0.1, 0.15) is 6.42 Å². The highest BCUT2D eigenvalue weighted by Gasteiger charge is 2.40. The van der Waals surface area contributed by atoms with Gasteiger partial charge >= 0.3 is 0 Å². The van der Waals surface area contributed by atoms with Crippen molar-refractivity contribution >= 4 is 5.91 Å². The number of hydrogen-bond donors (Lipinski definition) is 2. The number of nitrogens with zero attached hydrogens (tertiary/aromatic N) is 1. The van der Waals surface area contributed by atoms with Crippen LogP contribution in [0.4, 0.5) is 0 Å². The molecule has 2 N–H and O–H groups in total. The zero-order valence-electron chi connectivity index (χ0n) is 6.89. The standard InChI is InChI=1S/C7H11N3O2/c1-9-7(2-3-12-4-7)6(11)10-5-8/h9H,2-4H2,1H3,(H,10,11). The number of nitrogens with one attached hydrogen (secondary N) is 2. The van der Waals surface area contributed by atoms with E-state index in [9.17, 15) is 4.79 Å². The Labute approximate surface area is 70.7 Å². The highest BCUT2D eigenvalue weighted by atomic mass is 16.5. The van der Waals surface area contributed by atoms with Crippen molar-refractivity contribution in [2.75, 3.05) is 20.3 Å². The molecule has 1 heterocycles. The number of nitriles is 1. The van der Waals surface area contributed by atoms with Crippen LogP contribution in [0.25, 0.3) is 0 Å². The van der Waals surface area contributed by atoms with Gasteiger partial charge in [-0.1, -0.05) is 0 Å². The second-order valence-corrected chi connectivity index (χ2v) is 2.70. The Morgan fingerprint density at radius 2 is 2.50 bits per heavy atom. The summed E-state index contributed by atoms with van der Waals surface area (Å²) in [6.07, 6.45) is 2.22. The summed E-state index contributed by atoms with van der Waals surface area (Å²) in [5.74, 6) is -0.315. The largest absolute Gasteiger partial charge is 0.379 e. The Balaban J connectivity index is 2.67. The lowest BCUT2D eigenvalue weighted by atomic mass is 9.98. The molecular formula is C7H11N3O2. The predicted octanol–water partition coefficient (Wildman–Crippen LogP) is -1.04. The lowest BCUT2D eigenvalue weighted by Crippen LogP contribution is -2.55. The molecule has 1 unspecified atom stereocenters. The molecule has 1 saturated heterocycles. The summed E-state index contributed by atoms with van der Waals surface area (Å²) in [4.78, 5) is 11.3. The maximum atomic E-state index is 11.3. The van der Waals surface area contributed by atoms with E-state index in [2.05, 4.69) is 10.6 Å². The summed E-state index contributed by atoms with van der Waals surface area (Å²) in [6, 6.07) is 0. The van der Waals surface area contributed by atoms with E-state index in [1.165, 1.54) is 0 Å². The van der Waals surface area contributed by atoms with Gasteiger partial charge in [-0.3, -0.25) is 10.1 Å². The third kappa shape index (κ3) is 1.40. The molecule has 0 aromatic carbocycles. The first-order valence-electron chi connectivity index (χ1n) is 3.71. The van der Waals surface area contributed by atoms with Crippen molar-refractivity contribution in [1.29, 1.82) is 5.26 Å². The molecule has 0 saturated carbocycles. The highest BCUT2D eigenvalue weighted by molar-refractivity contribution is 5.87. The summed E-state index contributed by atoms with van der Waals surface area (Å²) in [7, 11) is 1.69. The fourth-order valence-corrected chi connectivity index (χ4v) is 1.23. The van der Waals surface area contributed by atoms with Gasteiger partial charge in [0.15, 0.2) is 6.19 Å². The van der Waals surface area contributed by atoms with Crippen LogP contribution >= 0.6 is 0 Å². The second kappa shape index (κ2) is 3.52. The molecule has 66 valence electrons. The Morgan fingerprint density at radius 1 is 1.75 bits per heavy atom. The van der Waals surface area contributed by atoms with Gasteiger partial charge in [0, 0.05) is 13.0 Å². The smallest absolute Gasteiger partial charge is 0.255 e. The summed E-state index contributed by atoms with van der Waals surface area (Å²) in [6.45, 7) is 0.886. The fraction of sp³-hybridized carbons (Fsp3) is 0.714. The molecule has 5 heteroatoms. The molecule has 0 radical (unpaired) electrons. The van der Waals surface area contributed by atoms with Gasteiger partial charge < -0.3 is 10.1 Å². The Kier molecular flexibility index (Phi) is 2.63.